The third kappa shape index (κ3) is 8.98. The molecule has 0 aliphatic carbocycles. The Morgan fingerprint density at radius 1 is 0.911 bits per heavy atom. The smallest absolute Gasteiger partial charge is 0.243 e. The molecule has 1 unspecified atom stereocenters. The molecule has 1 aromatic heterocycles. The van der Waals surface area contributed by atoms with Crippen molar-refractivity contribution in [3.8, 4) is 0 Å². The van der Waals surface area contributed by atoms with E-state index in [2.05, 4.69) is 117 Å². The van der Waals surface area contributed by atoms with Crippen LogP contribution in [0.1, 0.15) is 80.5 Å². The van der Waals surface area contributed by atoms with Gasteiger partial charge >= 0.3 is 0 Å². The van der Waals surface area contributed by atoms with Crippen LogP contribution in [0.3, 0.4) is 0 Å². The molecule has 2 heterocycles. The molecule has 0 saturated carbocycles. The second-order valence-electron chi connectivity index (χ2n) is 14.4. The van der Waals surface area contributed by atoms with Crippen molar-refractivity contribution in [2.24, 2.45) is 5.92 Å². The number of likely N-dealkylation sites (tertiary alicyclic amines) is 1. The minimum atomic E-state index is -4.27. The van der Waals surface area contributed by atoms with Crippen LogP contribution in [0.25, 0.3) is 0 Å². The summed E-state index contributed by atoms with van der Waals surface area (Å²) in [5.74, 6) is 0.0136. The van der Waals surface area contributed by atoms with E-state index in [1.165, 1.54) is 6.07 Å². The Bertz CT molecular complexity index is 2130. The molecule has 1 saturated heterocycles. The van der Waals surface area contributed by atoms with E-state index in [1.54, 1.807) is 17.9 Å². The summed E-state index contributed by atoms with van der Waals surface area (Å²) in [6.07, 6.45) is 6.23. The Hall–Kier alpha value is -3.85. The molecule has 12 heteroatoms. The van der Waals surface area contributed by atoms with Crippen molar-refractivity contribution >= 4 is 66.0 Å². The quantitative estimate of drug-likeness (QED) is 0.0804. The summed E-state index contributed by atoms with van der Waals surface area (Å²) in [5, 5.41) is 2.77. The van der Waals surface area contributed by atoms with Gasteiger partial charge in [-0.1, -0.05) is 127 Å². The van der Waals surface area contributed by atoms with Gasteiger partial charge in [0.15, 0.2) is 0 Å². The molecule has 2 N–H and O–H groups in total. The molecule has 56 heavy (non-hydrogen) atoms. The lowest BCUT2D eigenvalue weighted by Gasteiger charge is -2.38. The molecular formula is C44H49BrIN5O4S. The zero-order chi connectivity index (χ0) is 39.9. The number of imidazole rings is 1. The molecule has 0 bridgehead atoms. The summed E-state index contributed by atoms with van der Waals surface area (Å²) >= 11 is 5.45. The maximum atomic E-state index is 14.3. The first kappa shape index (κ1) is 41.8. The first-order valence-corrected chi connectivity index (χ1v) is 22.6. The number of sulfonamides is 1. The van der Waals surface area contributed by atoms with Gasteiger partial charge in [-0.3, -0.25) is 9.59 Å². The first-order chi connectivity index (χ1) is 27.0. The van der Waals surface area contributed by atoms with Crippen LogP contribution in [0.15, 0.2) is 119 Å². The number of amides is 2. The zero-order valence-electron chi connectivity index (χ0n) is 32.0. The van der Waals surface area contributed by atoms with Gasteiger partial charge in [0.1, 0.15) is 16.5 Å². The summed E-state index contributed by atoms with van der Waals surface area (Å²) in [5.41, 5.74) is 4.61. The Labute approximate surface area is 353 Å². The number of hydrogen-bond donors (Lipinski definition) is 2. The number of rotatable bonds is 15. The van der Waals surface area contributed by atoms with E-state index in [-0.39, 0.29) is 35.2 Å². The van der Waals surface area contributed by atoms with Crippen LogP contribution in [-0.4, -0.2) is 53.8 Å². The minimum absolute atomic E-state index is 0.0887. The normalized spacial score (nSPS) is 14.4. The number of aryl methyl sites for hydroxylation is 1. The molecular weight excluding hydrogens is 901 g/mol. The SMILES string of the molecule is CCC(=O)Nc1c(I)cc(Br)cc1S(=O)(=O)NC(CCCc1ncn(C(c2ccccc2)(c2ccccc2)c2ccccc2)c1C)C(=O)N1CCC(CC)CC1. The number of nitrogens with one attached hydrogen (secondary N) is 2. The van der Waals surface area contributed by atoms with Gasteiger partial charge in [0.2, 0.25) is 21.8 Å². The van der Waals surface area contributed by atoms with Gasteiger partial charge in [0.05, 0.1) is 17.7 Å². The topological polar surface area (TPSA) is 113 Å². The van der Waals surface area contributed by atoms with Crippen LogP contribution in [0, 0.1) is 16.4 Å². The highest BCUT2D eigenvalue weighted by atomic mass is 127. The van der Waals surface area contributed by atoms with Crippen LogP contribution in [-0.2, 0) is 31.6 Å². The number of piperidine rings is 1. The van der Waals surface area contributed by atoms with Crippen molar-refractivity contribution in [1.29, 1.82) is 0 Å². The largest absolute Gasteiger partial charge is 0.341 e. The van der Waals surface area contributed by atoms with Gasteiger partial charge in [0.25, 0.3) is 0 Å². The van der Waals surface area contributed by atoms with Crippen molar-refractivity contribution in [3.05, 3.63) is 146 Å². The number of halogens is 2. The zero-order valence-corrected chi connectivity index (χ0v) is 36.6. The van der Waals surface area contributed by atoms with Crippen molar-refractivity contribution < 1.29 is 18.0 Å². The Morgan fingerprint density at radius 3 is 1.98 bits per heavy atom. The Morgan fingerprint density at radius 2 is 1.46 bits per heavy atom. The fourth-order valence-corrected chi connectivity index (χ4v) is 11.2. The van der Waals surface area contributed by atoms with E-state index < -0.39 is 21.6 Å². The van der Waals surface area contributed by atoms with Gasteiger partial charge in [0, 0.05) is 33.2 Å². The molecule has 1 aliphatic rings. The van der Waals surface area contributed by atoms with Crippen LogP contribution >= 0.6 is 38.5 Å². The van der Waals surface area contributed by atoms with Gasteiger partial charge in [-0.05, 0) is 96.4 Å². The second-order valence-corrected chi connectivity index (χ2v) is 18.1. The van der Waals surface area contributed by atoms with E-state index in [0.29, 0.717) is 39.9 Å². The van der Waals surface area contributed by atoms with Crippen LogP contribution in [0.5, 0.6) is 0 Å². The fourth-order valence-electron chi connectivity index (χ4n) is 7.84. The predicted molar refractivity (Wildman–Crippen MR) is 234 cm³/mol. The van der Waals surface area contributed by atoms with Crippen LogP contribution < -0.4 is 10.0 Å². The lowest BCUT2D eigenvalue weighted by molar-refractivity contribution is -0.134. The number of nitrogens with zero attached hydrogens (tertiary/aromatic N) is 3. The molecule has 0 spiro atoms. The number of aromatic nitrogens is 2. The van der Waals surface area contributed by atoms with E-state index in [0.717, 1.165) is 47.3 Å². The Kier molecular flexibility index (Phi) is 13.9. The number of hydrogen-bond acceptors (Lipinski definition) is 5. The van der Waals surface area contributed by atoms with Gasteiger partial charge in [-0.15, -0.1) is 0 Å². The van der Waals surface area contributed by atoms with E-state index >= 15 is 0 Å². The van der Waals surface area contributed by atoms with Crippen LogP contribution in [0.2, 0.25) is 0 Å². The second kappa shape index (κ2) is 18.6. The predicted octanol–water partition coefficient (Wildman–Crippen LogP) is 9.07. The molecule has 294 valence electrons. The summed E-state index contributed by atoms with van der Waals surface area (Å²) in [7, 11) is -4.27. The van der Waals surface area contributed by atoms with Crippen molar-refractivity contribution in [2.45, 2.75) is 82.2 Å². The number of benzene rings is 4. The van der Waals surface area contributed by atoms with Gasteiger partial charge in [-0.25, -0.2) is 13.4 Å². The van der Waals surface area contributed by atoms with E-state index in [9.17, 15) is 18.0 Å². The summed E-state index contributed by atoms with van der Waals surface area (Å²) in [6.45, 7) is 7.13. The molecule has 9 nitrogen and oxygen atoms in total. The summed E-state index contributed by atoms with van der Waals surface area (Å²) in [6, 6.07) is 33.5. The molecule has 1 atom stereocenters. The molecule has 1 aliphatic heterocycles. The standard InChI is InChI=1S/C44H49BrIN5O4S/c1-4-32-24-26-50(27-25-32)43(53)39(49-56(54,55)40-29-36(45)28-37(46)42(40)48-41(52)5-2)23-15-22-38-31(3)51(30-47-38)44(33-16-9-6-10-17-33,34-18-11-7-12-19-34)35-20-13-8-14-21-35/h6-14,16-21,28-30,32,39,49H,4-5,15,22-27H2,1-3H3,(H,48,52). The molecule has 5 aromatic rings. The van der Waals surface area contributed by atoms with Crippen molar-refractivity contribution in [3.63, 3.8) is 0 Å². The fraction of sp³-hybridized carbons (Fsp3) is 0.341. The van der Waals surface area contributed by atoms with E-state index in [4.69, 9.17) is 4.98 Å². The van der Waals surface area contributed by atoms with Crippen LogP contribution in [0.4, 0.5) is 5.69 Å². The highest BCUT2D eigenvalue weighted by molar-refractivity contribution is 14.1. The monoisotopic (exact) mass is 949 g/mol. The lowest BCUT2D eigenvalue weighted by Crippen LogP contribution is -2.50. The van der Waals surface area contributed by atoms with E-state index in [1.807, 2.05) is 47.1 Å². The average Bonchev–Trinajstić information content (AvgIpc) is 3.58. The van der Waals surface area contributed by atoms with Crippen molar-refractivity contribution in [2.75, 3.05) is 18.4 Å². The van der Waals surface area contributed by atoms with Gasteiger partial charge < -0.3 is 14.8 Å². The molecule has 1 fully saturated rings. The van der Waals surface area contributed by atoms with Crippen molar-refractivity contribution in [1.82, 2.24) is 19.2 Å². The molecule has 6 rings (SSSR count). The number of anilines is 1. The maximum Gasteiger partial charge on any atom is 0.243 e. The third-order valence-corrected chi connectivity index (χ3v) is 13.7. The molecule has 0 radical (unpaired) electrons. The highest BCUT2D eigenvalue weighted by Gasteiger charge is 2.40. The summed E-state index contributed by atoms with van der Waals surface area (Å²) in [4.78, 5) is 33.4. The highest BCUT2D eigenvalue weighted by Crippen LogP contribution is 2.42. The number of carbonyl (C=O) groups excluding carboxylic acids is 2. The molecule has 4 aromatic carbocycles. The third-order valence-electron chi connectivity index (χ3n) is 10.9. The average molecular weight is 951 g/mol. The van der Waals surface area contributed by atoms with Gasteiger partial charge in [-0.2, -0.15) is 4.72 Å². The summed E-state index contributed by atoms with van der Waals surface area (Å²) < 4.78 is 34.7. The molecule has 2 amide bonds. The Balaban J connectivity index is 1.33. The lowest BCUT2D eigenvalue weighted by atomic mass is 9.76. The maximum absolute atomic E-state index is 14.3. The first-order valence-electron chi connectivity index (χ1n) is 19.3. The minimum Gasteiger partial charge on any atom is -0.341 e. The number of carbonyl (C=O) groups is 2.